The van der Waals surface area contributed by atoms with Crippen molar-refractivity contribution in [3.8, 4) is 11.1 Å². The number of nitrogens with zero attached hydrogens (tertiary/aromatic N) is 6. The van der Waals surface area contributed by atoms with E-state index in [0.717, 1.165) is 26.2 Å². The molecule has 4 heterocycles. The number of benzene rings is 1. The highest BCUT2D eigenvalue weighted by Gasteiger charge is 2.24. The molecule has 1 saturated heterocycles. The van der Waals surface area contributed by atoms with E-state index in [1.807, 2.05) is 27.7 Å². The summed E-state index contributed by atoms with van der Waals surface area (Å²) < 4.78 is 16.5. The lowest BCUT2D eigenvalue weighted by molar-refractivity contribution is 0.262. The molecule has 14 heteroatoms. The predicted octanol–water partition coefficient (Wildman–Crippen LogP) is 4.22. The van der Waals surface area contributed by atoms with Gasteiger partial charge in [0.2, 0.25) is 5.95 Å². The third kappa shape index (κ3) is 6.67. The Balaban J connectivity index is 0.00000423. The molecule has 1 aromatic carbocycles. The van der Waals surface area contributed by atoms with E-state index in [0.29, 0.717) is 52.0 Å². The van der Waals surface area contributed by atoms with Gasteiger partial charge in [0.1, 0.15) is 23.0 Å². The SMILES string of the molecule is CCn1c(=O)c(-c2ccc(F)c(NC(=O)Nc3cnc(C(C)(C)C)nc3N3CCNCC3)c2)cc2cnc(NC)nc21.Cl. The molecule has 2 amide bonds. The van der Waals surface area contributed by atoms with Crippen LogP contribution in [0.5, 0.6) is 0 Å². The fourth-order valence-electron chi connectivity index (χ4n) is 4.78. The van der Waals surface area contributed by atoms with Gasteiger partial charge in [0.05, 0.1) is 11.9 Å². The average Bonchev–Trinajstić information content (AvgIpc) is 2.98. The fourth-order valence-corrected chi connectivity index (χ4v) is 4.78. The van der Waals surface area contributed by atoms with Gasteiger partial charge < -0.3 is 26.2 Å². The number of rotatable bonds is 6. The van der Waals surface area contributed by atoms with Crippen LogP contribution in [0.1, 0.15) is 33.5 Å². The second-order valence-corrected chi connectivity index (χ2v) is 11.0. The molecule has 5 rings (SSSR count). The van der Waals surface area contributed by atoms with E-state index in [4.69, 9.17) is 4.98 Å². The lowest BCUT2D eigenvalue weighted by Gasteiger charge is -2.31. The minimum atomic E-state index is -0.660. The van der Waals surface area contributed by atoms with Crippen molar-refractivity contribution in [2.45, 2.75) is 39.7 Å². The summed E-state index contributed by atoms with van der Waals surface area (Å²) in [6, 6.07) is 5.18. The van der Waals surface area contributed by atoms with Crippen molar-refractivity contribution < 1.29 is 9.18 Å². The highest BCUT2D eigenvalue weighted by Crippen LogP contribution is 2.29. The first kappa shape index (κ1) is 31.6. The van der Waals surface area contributed by atoms with Crippen LogP contribution in [0.15, 0.2) is 41.5 Å². The molecule has 0 unspecified atom stereocenters. The normalized spacial score (nSPS) is 13.4. The van der Waals surface area contributed by atoms with E-state index in [-0.39, 0.29) is 29.1 Å². The standard InChI is InChI=1S/C29H35FN10O2.ClH/c1-6-40-23-18(15-34-27(31-5)38-23)13-19(25(40)41)17-7-8-20(30)21(14-17)35-28(42)36-22-16-33-26(29(2,3)4)37-24(22)39-11-9-32-10-12-39;/h7-8,13-16,32H,6,9-12H2,1-5H3,(H,31,34,38)(H2,35,36,42);1H. The van der Waals surface area contributed by atoms with E-state index in [9.17, 15) is 14.0 Å². The van der Waals surface area contributed by atoms with Crippen molar-refractivity contribution in [1.82, 2.24) is 29.8 Å². The number of amides is 2. The maximum atomic E-state index is 14.9. The molecule has 12 nitrogen and oxygen atoms in total. The van der Waals surface area contributed by atoms with Gasteiger partial charge in [0.15, 0.2) is 5.82 Å². The smallest absolute Gasteiger partial charge is 0.323 e. The summed E-state index contributed by atoms with van der Waals surface area (Å²) in [6.45, 7) is 11.3. The zero-order valence-corrected chi connectivity index (χ0v) is 25.6. The van der Waals surface area contributed by atoms with Crippen molar-refractivity contribution in [3.05, 3.63) is 58.7 Å². The van der Waals surface area contributed by atoms with Gasteiger partial charge in [-0.05, 0) is 30.7 Å². The molecule has 43 heavy (non-hydrogen) atoms. The van der Waals surface area contributed by atoms with Gasteiger partial charge in [-0.15, -0.1) is 12.4 Å². The van der Waals surface area contributed by atoms with E-state index in [1.54, 1.807) is 25.5 Å². The maximum Gasteiger partial charge on any atom is 0.323 e. The number of pyridine rings is 1. The largest absolute Gasteiger partial charge is 0.357 e. The van der Waals surface area contributed by atoms with Crippen LogP contribution in [-0.2, 0) is 12.0 Å². The minimum absolute atomic E-state index is 0. The second-order valence-electron chi connectivity index (χ2n) is 11.0. The topological polar surface area (TPSA) is 142 Å². The van der Waals surface area contributed by atoms with Gasteiger partial charge in [0.25, 0.3) is 5.56 Å². The average molecular weight is 611 g/mol. The Kier molecular flexibility index (Phi) is 9.46. The van der Waals surface area contributed by atoms with Crippen molar-refractivity contribution in [3.63, 3.8) is 0 Å². The number of piperazine rings is 1. The van der Waals surface area contributed by atoms with Crippen molar-refractivity contribution in [1.29, 1.82) is 0 Å². The van der Waals surface area contributed by atoms with Gasteiger partial charge in [0, 0.05) is 62.3 Å². The van der Waals surface area contributed by atoms with Crippen molar-refractivity contribution in [2.75, 3.05) is 54.1 Å². The highest BCUT2D eigenvalue weighted by atomic mass is 35.5. The third-order valence-electron chi connectivity index (χ3n) is 7.00. The Morgan fingerprint density at radius 2 is 1.77 bits per heavy atom. The van der Waals surface area contributed by atoms with E-state index < -0.39 is 11.8 Å². The number of anilines is 4. The lowest BCUT2D eigenvalue weighted by Crippen LogP contribution is -2.44. The number of aryl methyl sites for hydroxylation is 1. The number of hydrogen-bond donors (Lipinski definition) is 4. The number of nitrogens with one attached hydrogen (secondary N) is 4. The molecule has 228 valence electrons. The molecule has 0 radical (unpaired) electrons. The molecule has 4 aromatic rings. The van der Waals surface area contributed by atoms with Crippen molar-refractivity contribution >= 4 is 52.6 Å². The summed E-state index contributed by atoms with van der Waals surface area (Å²) >= 11 is 0. The Morgan fingerprint density at radius 1 is 1.05 bits per heavy atom. The van der Waals surface area contributed by atoms with Gasteiger partial charge in [-0.3, -0.25) is 9.36 Å². The number of fused-ring (bicyclic) bond motifs is 1. The highest BCUT2D eigenvalue weighted by molar-refractivity contribution is 6.01. The predicted molar refractivity (Wildman–Crippen MR) is 170 cm³/mol. The fraction of sp³-hybridized carbons (Fsp3) is 0.379. The molecule has 1 fully saturated rings. The summed E-state index contributed by atoms with van der Waals surface area (Å²) in [5.41, 5.74) is 1.03. The van der Waals surface area contributed by atoms with Gasteiger partial charge in [-0.1, -0.05) is 26.8 Å². The first-order chi connectivity index (χ1) is 20.1. The molecule has 1 aliphatic rings. The number of carbonyl (C=O) groups is 1. The van der Waals surface area contributed by atoms with Gasteiger partial charge in [-0.2, -0.15) is 4.98 Å². The minimum Gasteiger partial charge on any atom is -0.357 e. The number of hydrogen-bond acceptors (Lipinski definition) is 9. The van der Waals surface area contributed by atoms with Crippen LogP contribution in [0.3, 0.4) is 0 Å². The molecule has 0 spiro atoms. The maximum absolute atomic E-state index is 14.9. The molecule has 0 saturated carbocycles. The number of halogens is 2. The van der Waals surface area contributed by atoms with Gasteiger partial charge >= 0.3 is 6.03 Å². The molecule has 1 aliphatic heterocycles. The number of carbonyl (C=O) groups excluding carboxylic acids is 1. The van der Waals surface area contributed by atoms with Crippen LogP contribution in [0.25, 0.3) is 22.2 Å². The zero-order chi connectivity index (χ0) is 30.0. The summed E-state index contributed by atoms with van der Waals surface area (Å²) in [5.74, 6) is 1.02. The summed E-state index contributed by atoms with van der Waals surface area (Å²) in [4.78, 5) is 46.6. The van der Waals surface area contributed by atoms with Crippen LogP contribution < -0.4 is 31.7 Å². The first-order valence-corrected chi connectivity index (χ1v) is 13.9. The number of aromatic nitrogens is 5. The second kappa shape index (κ2) is 12.9. The molecule has 3 aromatic heterocycles. The lowest BCUT2D eigenvalue weighted by atomic mass is 9.96. The first-order valence-electron chi connectivity index (χ1n) is 13.9. The Bertz CT molecular complexity index is 1700. The monoisotopic (exact) mass is 610 g/mol. The Labute approximate surface area is 255 Å². The van der Waals surface area contributed by atoms with Crippen LogP contribution in [0, 0.1) is 5.82 Å². The van der Waals surface area contributed by atoms with Crippen molar-refractivity contribution in [2.24, 2.45) is 0 Å². The Hall–Kier alpha value is -4.36. The van der Waals surface area contributed by atoms with E-state index >= 15 is 0 Å². The van der Waals surface area contributed by atoms with Crippen LogP contribution >= 0.6 is 12.4 Å². The molecular weight excluding hydrogens is 575 g/mol. The molecule has 0 atom stereocenters. The van der Waals surface area contributed by atoms with Crippen LogP contribution in [0.2, 0.25) is 0 Å². The molecule has 0 aliphatic carbocycles. The van der Waals surface area contributed by atoms with E-state index in [2.05, 4.69) is 41.1 Å². The molecule has 4 N–H and O–H groups in total. The third-order valence-corrected chi connectivity index (χ3v) is 7.00. The van der Waals surface area contributed by atoms with Crippen LogP contribution in [0.4, 0.5) is 32.3 Å². The molecule has 0 bridgehead atoms. The van der Waals surface area contributed by atoms with Crippen LogP contribution in [-0.4, -0.2) is 63.8 Å². The summed E-state index contributed by atoms with van der Waals surface area (Å²) in [6.07, 6.45) is 3.21. The van der Waals surface area contributed by atoms with E-state index in [1.165, 1.54) is 22.8 Å². The summed E-state index contributed by atoms with van der Waals surface area (Å²) in [7, 11) is 1.70. The number of urea groups is 1. The summed E-state index contributed by atoms with van der Waals surface area (Å²) in [5, 5.41) is 12.2. The zero-order valence-electron chi connectivity index (χ0n) is 24.8. The Morgan fingerprint density at radius 3 is 2.44 bits per heavy atom. The van der Waals surface area contributed by atoms with Gasteiger partial charge in [-0.25, -0.2) is 24.1 Å². The quantitative estimate of drug-likeness (QED) is 0.252. The molecular formula is C29H36ClFN10O2.